The minimum Gasteiger partial charge on any atom is -0.411 e. The van der Waals surface area contributed by atoms with Gasteiger partial charge in [-0.2, -0.15) is 0 Å². The lowest BCUT2D eigenvalue weighted by atomic mass is 9.99. The van der Waals surface area contributed by atoms with Gasteiger partial charge in [-0.3, -0.25) is 4.79 Å². The van der Waals surface area contributed by atoms with Gasteiger partial charge in [-0.25, -0.2) is 0 Å². The van der Waals surface area contributed by atoms with Crippen molar-refractivity contribution in [1.82, 2.24) is 5.32 Å². The zero-order valence-electron chi connectivity index (χ0n) is 12.7. The third-order valence-corrected chi connectivity index (χ3v) is 3.67. The van der Waals surface area contributed by atoms with Crippen molar-refractivity contribution in [3.8, 4) is 0 Å². The molecule has 0 bridgehead atoms. The second kappa shape index (κ2) is 7.11. The van der Waals surface area contributed by atoms with Crippen LogP contribution in [0, 0.1) is 5.92 Å². The van der Waals surface area contributed by atoms with Crippen molar-refractivity contribution in [1.29, 1.82) is 0 Å². The maximum Gasteiger partial charge on any atom is 0.239 e. The van der Waals surface area contributed by atoms with Crippen LogP contribution >= 0.6 is 0 Å². The molecule has 5 nitrogen and oxygen atoms in total. The molecule has 0 radical (unpaired) electrons. The lowest BCUT2D eigenvalue weighted by Crippen LogP contribution is -2.41. The molecule has 0 fully saturated rings. The maximum absolute atomic E-state index is 12.0. The van der Waals surface area contributed by atoms with E-state index in [0.29, 0.717) is 31.1 Å². The van der Waals surface area contributed by atoms with E-state index in [4.69, 9.17) is 5.21 Å². The molecule has 1 aromatic carbocycles. The average molecular weight is 289 g/mol. The van der Waals surface area contributed by atoms with Crippen LogP contribution < -0.4 is 10.2 Å². The molecule has 2 rings (SSSR count). The molecule has 0 saturated carbocycles. The molecule has 1 heterocycles. The van der Waals surface area contributed by atoms with E-state index in [9.17, 15) is 4.79 Å². The highest BCUT2D eigenvalue weighted by Crippen LogP contribution is 2.26. The summed E-state index contributed by atoms with van der Waals surface area (Å²) in [7, 11) is 0. The number of fused-ring (bicyclic) bond motifs is 1. The fourth-order valence-corrected chi connectivity index (χ4v) is 2.49. The second-order valence-corrected chi connectivity index (χ2v) is 5.77. The SMILES string of the molecule is CC(C)CCNC(=O)CN1CCC(=NO)c2ccccc21. The van der Waals surface area contributed by atoms with Gasteiger partial charge in [0.2, 0.25) is 5.91 Å². The third-order valence-electron chi connectivity index (χ3n) is 3.67. The van der Waals surface area contributed by atoms with E-state index in [-0.39, 0.29) is 5.91 Å². The lowest BCUT2D eigenvalue weighted by molar-refractivity contribution is -0.119. The number of rotatable bonds is 5. The quantitative estimate of drug-likeness (QED) is 0.645. The molecule has 1 aliphatic rings. The Balaban J connectivity index is 2.00. The number of hydrogen-bond donors (Lipinski definition) is 2. The Hall–Kier alpha value is -2.04. The van der Waals surface area contributed by atoms with Gasteiger partial charge in [0, 0.05) is 30.8 Å². The third kappa shape index (κ3) is 3.97. The van der Waals surface area contributed by atoms with Gasteiger partial charge in [0.05, 0.1) is 12.3 Å². The standard InChI is InChI=1S/C16H23N3O2/c1-12(2)7-9-17-16(20)11-19-10-8-14(18-21)13-5-3-4-6-15(13)19/h3-6,12,21H,7-11H2,1-2H3,(H,17,20). The summed E-state index contributed by atoms with van der Waals surface area (Å²) in [6.07, 6.45) is 1.64. The van der Waals surface area contributed by atoms with Crippen LogP contribution in [0.1, 0.15) is 32.3 Å². The highest BCUT2D eigenvalue weighted by atomic mass is 16.4. The number of carbonyl (C=O) groups is 1. The largest absolute Gasteiger partial charge is 0.411 e. The van der Waals surface area contributed by atoms with Gasteiger partial charge in [-0.1, -0.05) is 37.2 Å². The molecular formula is C16H23N3O2. The Morgan fingerprint density at radius 3 is 2.90 bits per heavy atom. The van der Waals surface area contributed by atoms with Gasteiger partial charge in [0.25, 0.3) is 0 Å². The highest BCUT2D eigenvalue weighted by Gasteiger charge is 2.23. The molecule has 1 amide bonds. The van der Waals surface area contributed by atoms with E-state index in [1.165, 1.54) is 0 Å². The summed E-state index contributed by atoms with van der Waals surface area (Å²) in [5, 5.41) is 15.4. The molecule has 21 heavy (non-hydrogen) atoms. The fourth-order valence-electron chi connectivity index (χ4n) is 2.49. The lowest BCUT2D eigenvalue weighted by Gasteiger charge is -2.31. The van der Waals surface area contributed by atoms with Crippen molar-refractivity contribution in [3.05, 3.63) is 29.8 Å². The second-order valence-electron chi connectivity index (χ2n) is 5.77. The molecule has 0 aromatic heterocycles. The summed E-state index contributed by atoms with van der Waals surface area (Å²) in [5.41, 5.74) is 2.54. The van der Waals surface area contributed by atoms with Crippen LogP contribution in [0.4, 0.5) is 5.69 Å². The van der Waals surface area contributed by atoms with Gasteiger partial charge in [-0.05, 0) is 18.4 Å². The van der Waals surface area contributed by atoms with Crippen LogP contribution in [0.2, 0.25) is 0 Å². The van der Waals surface area contributed by atoms with Crippen molar-refractivity contribution in [3.63, 3.8) is 0 Å². The summed E-state index contributed by atoms with van der Waals surface area (Å²) in [4.78, 5) is 14.1. The van der Waals surface area contributed by atoms with Crippen LogP contribution in [0.3, 0.4) is 0 Å². The van der Waals surface area contributed by atoms with Gasteiger partial charge >= 0.3 is 0 Å². The first-order chi connectivity index (χ1) is 10.1. The number of para-hydroxylation sites is 1. The summed E-state index contributed by atoms with van der Waals surface area (Å²) in [5.74, 6) is 0.624. The average Bonchev–Trinajstić information content (AvgIpc) is 2.47. The predicted octanol–water partition coefficient (Wildman–Crippen LogP) is 2.24. The van der Waals surface area contributed by atoms with Crippen molar-refractivity contribution in [2.24, 2.45) is 11.1 Å². The van der Waals surface area contributed by atoms with Crippen molar-refractivity contribution in [2.45, 2.75) is 26.7 Å². The monoisotopic (exact) mass is 289 g/mol. The molecule has 0 aliphatic carbocycles. The Labute approximate surface area is 125 Å². The smallest absolute Gasteiger partial charge is 0.239 e. The van der Waals surface area contributed by atoms with Gasteiger partial charge in [0.15, 0.2) is 0 Å². The number of nitrogens with zero attached hydrogens (tertiary/aromatic N) is 2. The zero-order valence-corrected chi connectivity index (χ0v) is 12.7. The summed E-state index contributed by atoms with van der Waals surface area (Å²) in [6.45, 7) is 6.03. The van der Waals surface area contributed by atoms with E-state index in [0.717, 1.165) is 24.2 Å². The Bertz CT molecular complexity index is 526. The topological polar surface area (TPSA) is 64.9 Å². The number of benzene rings is 1. The molecule has 0 atom stereocenters. The zero-order chi connectivity index (χ0) is 15.2. The van der Waals surface area contributed by atoms with E-state index in [2.05, 4.69) is 24.3 Å². The summed E-state index contributed by atoms with van der Waals surface area (Å²) >= 11 is 0. The molecule has 0 unspecified atom stereocenters. The molecule has 0 spiro atoms. The van der Waals surface area contributed by atoms with Crippen molar-refractivity contribution < 1.29 is 10.0 Å². The molecule has 2 N–H and O–H groups in total. The number of hydrogen-bond acceptors (Lipinski definition) is 4. The Morgan fingerprint density at radius 1 is 1.43 bits per heavy atom. The van der Waals surface area contributed by atoms with E-state index in [1.54, 1.807) is 0 Å². The van der Waals surface area contributed by atoms with E-state index >= 15 is 0 Å². The van der Waals surface area contributed by atoms with Crippen LogP contribution in [-0.2, 0) is 4.79 Å². The van der Waals surface area contributed by atoms with E-state index < -0.39 is 0 Å². The molecule has 0 saturated heterocycles. The first kappa shape index (κ1) is 15.4. The Morgan fingerprint density at radius 2 is 2.19 bits per heavy atom. The van der Waals surface area contributed by atoms with Crippen LogP contribution in [-0.4, -0.2) is 36.5 Å². The summed E-state index contributed by atoms with van der Waals surface area (Å²) in [6, 6.07) is 7.73. The number of nitrogens with one attached hydrogen (secondary N) is 1. The summed E-state index contributed by atoms with van der Waals surface area (Å²) < 4.78 is 0. The van der Waals surface area contributed by atoms with Crippen LogP contribution in [0.5, 0.6) is 0 Å². The number of anilines is 1. The maximum atomic E-state index is 12.0. The van der Waals surface area contributed by atoms with Crippen molar-refractivity contribution in [2.75, 3.05) is 24.5 Å². The predicted molar refractivity (Wildman–Crippen MR) is 84.1 cm³/mol. The van der Waals surface area contributed by atoms with Crippen molar-refractivity contribution >= 4 is 17.3 Å². The first-order valence-electron chi connectivity index (χ1n) is 7.43. The van der Waals surface area contributed by atoms with Gasteiger partial charge in [0.1, 0.15) is 0 Å². The van der Waals surface area contributed by atoms with Crippen LogP contribution in [0.15, 0.2) is 29.4 Å². The normalized spacial score (nSPS) is 16.1. The Kier molecular flexibility index (Phi) is 5.20. The van der Waals surface area contributed by atoms with E-state index in [1.807, 2.05) is 29.2 Å². The van der Waals surface area contributed by atoms with Gasteiger partial charge in [-0.15, -0.1) is 0 Å². The number of amides is 1. The number of oxime groups is 1. The fraction of sp³-hybridized carbons (Fsp3) is 0.500. The van der Waals surface area contributed by atoms with Gasteiger partial charge < -0.3 is 15.4 Å². The molecule has 5 heteroatoms. The highest BCUT2D eigenvalue weighted by molar-refractivity contribution is 6.07. The molecule has 114 valence electrons. The molecule has 1 aliphatic heterocycles. The molecular weight excluding hydrogens is 266 g/mol. The minimum atomic E-state index is 0.0369. The number of carbonyl (C=O) groups excluding carboxylic acids is 1. The minimum absolute atomic E-state index is 0.0369. The first-order valence-corrected chi connectivity index (χ1v) is 7.43. The van der Waals surface area contributed by atoms with Crippen LogP contribution in [0.25, 0.3) is 0 Å². The molecule has 1 aromatic rings.